The molecule has 0 heterocycles. The van der Waals surface area contributed by atoms with E-state index in [1.54, 1.807) is 0 Å². The fourth-order valence-electron chi connectivity index (χ4n) is 0.935. The normalized spacial score (nSPS) is 15.4. The van der Waals surface area contributed by atoms with Gasteiger partial charge in [-0.2, -0.15) is 34.8 Å². The Morgan fingerprint density at radius 3 is 1.79 bits per heavy atom. The molecular formula is C7H8F6O5S. The second-order valence-corrected chi connectivity index (χ2v) is 5.05. The molecule has 0 aromatic rings. The second-order valence-electron chi connectivity index (χ2n) is 3.55. The molecule has 0 saturated carbocycles. The van der Waals surface area contributed by atoms with Crippen molar-refractivity contribution in [3.8, 4) is 0 Å². The Bertz CT molecular complexity index is 410. The van der Waals surface area contributed by atoms with Gasteiger partial charge in [0.25, 0.3) is 16.2 Å². The number of alkyl halides is 6. The van der Waals surface area contributed by atoms with E-state index < -0.39 is 46.2 Å². The van der Waals surface area contributed by atoms with Crippen molar-refractivity contribution in [3.05, 3.63) is 0 Å². The van der Waals surface area contributed by atoms with Gasteiger partial charge < -0.3 is 4.74 Å². The molecule has 0 spiro atoms. The maximum Gasteiger partial charge on any atom is 0.434 e. The van der Waals surface area contributed by atoms with Gasteiger partial charge >= 0.3 is 18.3 Å². The zero-order valence-corrected chi connectivity index (χ0v) is 9.93. The Hall–Kier alpha value is -1.04. The number of esters is 1. The molecular weight excluding hydrogens is 310 g/mol. The van der Waals surface area contributed by atoms with Crippen LogP contribution in [0.3, 0.4) is 0 Å². The van der Waals surface area contributed by atoms with Gasteiger partial charge in [-0.05, 0) is 0 Å². The molecule has 0 aromatic heterocycles. The van der Waals surface area contributed by atoms with Crippen LogP contribution in [0.2, 0.25) is 0 Å². The van der Waals surface area contributed by atoms with E-state index in [2.05, 4.69) is 4.74 Å². The average Bonchev–Trinajstić information content (AvgIpc) is 2.06. The summed E-state index contributed by atoms with van der Waals surface area (Å²) in [7, 11) is -4.74. The van der Waals surface area contributed by atoms with E-state index in [1.807, 2.05) is 0 Å². The first-order chi connectivity index (χ1) is 8.14. The van der Waals surface area contributed by atoms with Crippen LogP contribution in [0.25, 0.3) is 0 Å². The first-order valence-corrected chi connectivity index (χ1v) is 6.04. The number of halogens is 6. The number of hydrogen-bond donors (Lipinski definition) is 1. The highest BCUT2D eigenvalue weighted by atomic mass is 32.2. The summed E-state index contributed by atoms with van der Waals surface area (Å²) in [6, 6.07) is 0. The largest absolute Gasteiger partial charge is 0.443 e. The smallest absolute Gasteiger partial charge is 0.434 e. The molecule has 0 bridgehead atoms. The third kappa shape index (κ3) is 6.61. The van der Waals surface area contributed by atoms with Crippen molar-refractivity contribution in [2.45, 2.75) is 25.4 Å². The van der Waals surface area contributed by atoms with E-state index in [0.29, 0.717) is 6.92 Å². The Balaban J connectivity index is 4.94. The molecule has 0 aliphatic rings. The maximum absolute atomic E-state index is 12.0. The quantitative estimate of drug-likeness (QED) is 0.483. The molecule has 12 heteroatoms. The molecule has 1 unspecified atom stereocenters. The van der Waals surface area contributed by atoms with Crippen molar-refractivity contribution in [1.82, 2.24) is 0 Å². The zero-order chi connectivity index (χ0) is 15.6. The first kappa shape index (κ1) is 18.0. The monoisotopic (exact) mass is 318 g/mol. The number of hydrogen-bond acceptors (Lipinski definition) is 4. The Morgan fingerprint density at radius 2 is 1.53 bits per heavy atom. The molecule has 0 saturated heterocycles. The Labute approximate surface area is 103 Å². The minimum absolute atomic E-state index is 0.694. The predicted octanol–water partition coefficient (Wildman–Crippen LogP) is 1.55. The van der Waals surface area contributed by atoms with Crippen molar-refractivity contribution in [3.63, 3.8) is 0 Å². The third-order valence-corrected chi connectivity index (χ3v) is 2.61. The van der Waals surface area contributed by atoms with Crippen LogP contribution in [-0.2, 0) is 19.6 Å². The summed E-state index contributed by atoms with van der Waals surface area (Å²) < 4.78 is 104. The zero-order valence-electron chi connectivity index (χ0n) is 9.12. The summed E-state index contributed by atoms with van der Waals surface area (Å²) in [4.78, 5) is 10.9. The molecule has 0 aliphatic carbocycles. The summed E-state index contributed by atoms with van der Waals surface area (Å²) in [6.45, 7) is 0.694. The molecule has 5 nitrogen and oxygen atoms in total. The minimum Gasteiger partial charge on any atom is -0.443 e. The van der Waals surface area contributed by atoms with Gasteiger partial charge in [-0.15, -0.1) is 0 Å². The molecule has 114 valence electrons. The molecule has 1 atom stereocenters. The van der Waals surface area contributed by atoms with Gasteiger partial charge in [0.15, 0.2) is 0 Å². The summed E-state index contributed by atoms with van der Waals surface area (Å²) in [5.41, 5.74) is 0. The Kier molecular flexibility index (Phi) is 5.22. The molecule has 0 fully saturated rings. The lowest BCUT2D eigenvalue weighted by molar-refractivity contribution is -0.314. The van der Waals surface area contributed by atoms with E-state index >= 15 is 0 Å². The molecule has 19 heavy (non-hydrogen) atoms. The van der Waals surface area contributed by atoms with Crippen molar-refractivity contribution >= 4 is 16.1 Å². The van der Waals surface area contributed by atoms with Crippen molar-refractivity contribution in [2.24, 2.45) is 5.92 Å². The van der Waals surface area contributed by atoms with Crippen LogP contribution in [0.5, 0.6) is 0 Å². The lowest BCUT2D eigenvalue weighted by atomic mass is 10.2. The first-order valence-electron chi connectivity index (χ1n) is 4.43. The van der Waals surface area contributed by atoms with Gasteiger partial charge in [0.05, 0.1) is 11.7 Å². The third-order valence-electron chi connectivity index (χ3n) is 1.69. The van der Waals surface area contributed by atoms with E-state index in [0.717, 1.165) is 0 Å². The van der Waals surface area contributed by atoms with E-state index in [9.17, 15) is 39.6 Å². The fourth-order valence-corrected chi connectivity index (χ4v) is 1.70. The number of rotatable bonds is 4. The van der Waals surface area contributed by atoms with Gasteiger partial charge in [-0.25, -0.2) is 0 Å². The number of carbonyl (C=O) groups is 1. The van der Waals surface area contributed by atoms with Crippen LogP contribution >= 0.6 is 0 Å². The van der Waals surface area contributed by atoms with E-state index in [-0.39, 0.29) is 0 Å². The highest BCUT2D eigenvalue weighted by molar-refractivity contribution is 7.85. The fraction of sp³-hybridized carbons (Fsp3) is 0.857. The predicted molar refractivity (Wildman–Crippen MR) is 47.6 cm³/mol. The molecule has 0 rings (SSSR count). The van der Waals surface area contributed by atoms with Gasteiger partial charge in [-0.1, -0.05) is 6.92 Å². The second kappa shape index (κ2) is 5.53. The van der Waals surface area contributed by atoms with Crippen LogP contribution in [0, 0.1) is 5.92 Å². The van der Waals surface area contributed by atoms with Gasteiger partial charge in [0.1, 0.15) is 0 Å². The standard InChI is InChI=1S/C7H8F6O5S/c1-3(2-19(15,16)17)4(14)18-5(6(8,9)10)7(11,12)13/h3,5H,2H2,1H3,(H,15,16,17). The molecule has 0 amide bonds. The number of carbonyl (C=O) groups excluding carboxylic acids is 1. The van der Waals surface area contributed by atoms with E-state index in [4.69, 9.17) is 4.55 Å². The van der Waals surface area contributed by atoms with Crippen LogP contribution < -0.4 is 0 Å². The van der Waals surface area contributed by atoms with Crippen LogP contribution in [0.1, 0.15) is 6.92 Å². The lowest BCUT2D eigenvalue weighted by Gasteiger charge is -2.23. The molecule has 0 aliphatic heterocycles. The summed E-state index contributed by atoms with van der Waals surface area (Å²) in [5.74, 6) is -5.28. The summed E-state index contributed by atoms with van der Waals surface area (Å²) in [6.07, 6.45) is -16.1. The van der Waals surface area contributed by atoms with Crippen LogP contribution in [0.4, 0.5) is 26.3 Å². The number of ether oxygens (including phenoxy) is 1. The van der Waals surface area contributed by atoms with Crippen molar-refractivity contribution < 1.29 is 48.8 Å². The maximum atomic E-state index is 12.0. The summed E-state index contributed by atoms with van der Waals surface area (Å²) in [5, 5.41) is 0. The summed E-state index contributed by atoms with van der Waals surface area (Å²) >= 11 is 0. The lowest BCUT2D eigenvalue weighted by Crippen LogP contribution is -2.46. The molecule has 0 radical (unpaired) electrons. The minimum atomic E-state index is -5.88. The van der Waals surface area contributed by atoms with Crippen LogP contribution in [-0.4, -0.2) is 43.1 Å². The van der Waals surface area contributed by atoms with Crippen molar-refractivity contribution in [2.75, 3.05) is 5.75 Å². The van der Waals surface area contributed by atoms with Gasteiger partial charge in [-0.3, -0.25) is 9.35 Å². The molecule has 0 aromatic carbocycles. The van der Waals surface area contributed by atoms with E-state index in [1.165, 1.54) is 0 Å². The highest BCUT2D eigenvalue weighted by Gasteiger charge is 2.60. The van der Waals surface area contributed by atoms with Crippen LogP contribution in [0.15, 0.2) is 0 Å². The van der Waals surface area contributed by atoms with Gasteiger partial charge in [0, 0.05) is 0 Å². The topological polar surface area (TPSA) is 80.7 Å². The average molecular weight is 318 g/mol. The highest BCUT2D eigenvalue weighted by Crippen LogP contribution is 2.36. The molecule has 1 N–H and O–H groups in total. The SMILES string of the molecule is CC(CS(=O)(=O)O)C(=O)OC(C(F)(F)F)C(F)(F)F. The van der Waals surface area contributed by atoms with Gasteiger partial charge in [0.2, 0.25) is 0 Å². The van der Waals surface area contributed by atoms with Crippen molar-refractivity contribution in [1.29, 1.82) is 0 Å². The Morgan fingerprint density at radius 1 is 1.16 bits per heavy atom.